The van der Waals surface area contributed by atoms with Crippen molar-refractivity contribution in [1.29, 1.82) is 0 Å². The summed E-state index contributed by atoms with van der Waals surface area (Å²) in [5.41, 5.74) is -0.0430. The van der Waals surface area contributed by atoms with Crippen molar-refractivity contribution in [3.8, 4) is 5.75 Å². The predicted octanol–water partition coefficient (Wildman–Crippen LogP) is 4.09. The lowest BCUT2D eigenvalue weighted by Gasteiger charge is -2.11. The van der Waals surface area contributed by atoms with Gasteiger partial charge in [-0.3, -0.25) is 9.59 Å². The molecule has 0 fully saturated rings. The molecule has 1 heterocycles. The maximum absolute atomic E-state index is 13.8. The number of rotatable bonds is 6. The minimum Gasteiger partial charge on any atom is -0.496 e. The number of amides is 1. The van der Waals surface area contributed by atoms with E-state index in [9.17, 15) is 18.4 Å². The number of aromatic nitrogens is 2. The molecule has 2 aromatic carbocycles. The van der Waals surface area contributed by atoms with Gasteiger partial charge in [0.2, 0.25) is 5.28 Å². The van der Waals surface area contributed by atoms with E-state index < -0.39 is 23.2 Å². The molecule has 0 bridgehead atoms. The number of ether oxygens (including phenoxy) is 1. The highest BCUT2D eigenvalue weighted by atomic mass is 35.5. The van der Waals surface area contributed by atoms with Crippen molar-refractivity contribution in [1.82, 2.24) is 9.97 Å². The van der Waals surface area contributed by atoms with Crippen LogP contribution in [0.4, 0.5) is 14.5 Å². The fourth-order valence-electron chi connectivity index (χ4n) is 2.60. The lowest BCUT2D eigenvalue weighted by Crippen LogP contribution is -2.16. The molecule has 0 saturated heterocycles. The number of carbonyl (C=O) groups is 2. The quantitative estimate of drug-likeness (QED) is 0.482. The average molecular weight is 418 g/mol. The molecule has 6 nitrogen and oxygen atoms in total. The molecular weight excluding hydrogens is 404 g/mol. The van der Waals surface area contributed by atoms with Crippen molar-refractivity contribution in [2.45, 2.75) is 6.42 Å². The van der Waals surface area contributed by atoms with Gasteiger partial charge in [0.15, 0.2) is 5.78 Å². The number of halogens is 3. The summed E-state index contributed by atoms with van der Waals surface area (Å²) in [5.74, 6) is -2.75. The number of hydrogen-bond acceptors (Lipinski definition) is 5. The Hall–Kier alpha value is -3.39. The highest BCUT2D eigenvalue weighted by Gasteiger charge is 2.19. The third-order valence-corrected chi connectivity index (χ3v) is 4.17. The molecule has 0 unspecified atom stereocenters. The molecule has 29 heavy (non-hydrogen) atoms. The van der Waals surface area contributed by atoms with E-state index >= 15 is 0 Å². The van der Waals surface area contributed by atoms with Crippen LogP contribution >= 0.6 is 11.6 Å². The lowest BCUT2D eigenvalue weighted by atomic mass is 10.0. The molecule has 0 aliphatic carbocycles. The summed E-state index contributed by atoms with van der Waals surface area (Å²) in [6, 6.07) is 8.86. The first-order valence-corrected chi connectivity index (χ1v) is 8.71. The summed E-state index contributed by atoms with van der Waals surface area (Å²) < 4.78 is 32.7. The number of ketones is 1. The number of anilines is 1. The fraction of sp³-hybridized carbons (Fsp3) is 0.100. The van der Waals surface area contributed by atoms with E-state index in [1.54, 1.807) is 0 Å². The molecule has 0 radical (unpaired) electrons. The van der Waals surface area contributed by atoms with Crippen molar-refractivity contribution >= 4 is 29.0 Å². The minimum absolute atomic E-state index is 0.00214. The van der Waals surface area contributed by atoms with Gasteiger partial charge in [-0.1, -0.05) is 6.07 Å². The zero-order valence-corrected chi connectivity index (χ0v) is 15.8. The highest BCUT2D eigenvalue weighted by molar-refractivity contribution is 6.28. The van der Waals surface area contributed by atoms with Crippen molar-refractivity contribution in [3.63, 3.8) is 0 Å². The third kappa shape index (κ3) is 4.72. The summed E-state index contributed by atoms with van der Waals surface area (Å²) in [5, 5.41) is 2.18. The van der Waals surface area contributed by atoms with Crippen LogP contribution < -0.4 is 10.1 Å². The summed E-state index contributed by atoms with van der Waals surface area (Å²) in [7, 11) is 1.38. The second kappa shape index (κ2) is 8.74. The van der Waals surface area contributed by atoms with Gasteiger partial charge in [-0.05, 0) is 48.0 Å². The zero-order chi connectivity index (χ0) is 21.0. The van der Waals surface area contributed by atoms with Crippen molar-refractivity contribution < 1.29 is 23.1 Å². The summed E-state index contributed by atoms with van der Waals surface area (Å²) in [4.78, 5) is 32.9. The Labute approximate surface area is 169 Å². The molecule has 3 aromatic rings. The number of nitrogens with one attached hydrogen (secondary N) is 1. The average Bonchev–Trinajstić information content (AvgIpc) is 2.70. The smallest absolute Gasteiger partial charge is 0.255 e. The number of nitrogens with zero attached hydrogens (tertiary/aromatic N) is 2. The lowest BCUT2D eigenvalue weighted by molar-refractivity contribution is 0.0989. The number of para-hydroxylation sites is 1. The molecule has 9 heteroatoms. The first-order valence-electron chi connectivity index (χ1n) is 8.33. The molecule has 1 aromatic heterocycles. The first-order chi connectivity index (χ1) is 13.9. The van der Waals surface area contributed by atoms with Crippen LogP contribution in [-0.4, -0.2) is 28.8 Å². The fourth-order valence-corrected chi connectivity index (χ4v) is 2.76. The van der Waals surface area contributed by atoms with Gasteiger partial charge in [0.05, 0.1) is 24.8 Å². The number of hydrogen-bond donors (Lipinski definition) is 1. The van der Waals surface area contributed by atoms with E-state index in [2.05, 4.69) is 15.3 Å². The Morgan fingerprint density at radius 1 is 1.14 bits per heavy atom. The van der Waals surface area contributed by atoms with Gasteiger partial charge in [0.1, 0.15) is 23.1 Å². The van der Waals surface area contributed by atoms with Crippen LogP contribution in [0.2, 0.25) is 5.28 Å². The van der Waals surface area contributed by atoms with E-state index in [0.29, 0.717) is 5.69 Å². The van der Waals surface area contributed by atoms with Gasteiger partial charge >= 0.3 is 0 Å². The van der Waals surface area contributed by atoms with Crippen LogP contribution in [0.3, 0.4) is 0 Å². The summed E-state index contributed by atoms with van der Waals surface area (Å²) in [6.07, 6.45) is 1.31. The Bertz CT molecular complexity index is 1070. The van der Waals surface area contributed by atoms with Crippen LogP contribution in [0.15, 0.2) is 48.7 Å². The van der Waals surface area contributed by atoms with Gasteiger partial charge in [-0.2, -0.15) is 0 Å². The van der Waals surface area contributed by atoms with E-state index in [0.717, 1.165) is 12.1 Å². The topological polar surface area (TPSA) is 81.2 Å². The van der Waals surface area contributed by atoms with Gasteiger partial charge < -0.3 is 10.1 Å². The van der Waals surface area contributed by atoms with Crippen LogP contribution in [0, 0.1) is 11.6 Å². The molecule has 148 valence electrons. The Morgan fingerprint density at radius 3 is 2.52 bits per heavy atom. The van der Waals surface area contributed by atoms with Crippen LogP contribution in [0.1, 0.15) is 26.4 Å². The van der Waals surface area contributed by atoms with Crippen molar-refractivity contribution in [3.05, 3.63) is 82.4 Å². The molecule has 1 N–H and O–H groups in total. The summed E-state index contributed by atoms with van der Waals surface area (Å²) in [6.45, 7) is 0. The van der Waals surface area contributed by atoms with Crippen LogP contribution in [0.5, 0.6) is 5.75 Å². The zero-order valence-electron chi connectivity index (χ0n) is 15.1. The van der Waals surface area contributed by atoms with Crippen LogP contribution in [0.25, 0.3) is 0 Å². The number of carbonyl (C=O) groups excluding carboxylic acids is 2. The van der Waals surface area contributed by atoms with E-state index in [1.807, 2.05) is 0 Å². The number of benzene rings is 2. The normalized spacial score (nSPS) is 10.5. The van der Waals surface area contributed by atoms with Crippen LogP contribution in [-0.2, 0) is 6.42 Å². The standard InChI is InChI=1S/C20H14ClF2N3O3/c1-29-17-6-5-11(19(28)26-18-14(22)3-2-4-15(18)23)9-13(17)16(27)10-12-7-8-24-20(21)25-12/h2-9H,10H2,1H3,(H,26,28). The molecule has 0 aliphatic rings. The first kappa shape index (κ1) is 20.3. The Kier molecular flexibility index (Phi) is 6.13. The highest BCUT2D eigenvalue weighted by Crippen LogP contribution is 2.24. The maximum atomic E-state index is 13.8. The monoisotopic (exact) mass is 417 g/mol. The van der Waals surface area contributed by atoms with Crippen molar-refractivity contribution in [2.75, 3.05) is 12.4 Å². The van der Waals surface area contributed by atoms with E-state index in [4.69, 9.17) is 16.3 Å². The minimum atomic E-state index is -0.913. The predicted molar refractivity (Wildman–Crippen MR) is 102 cm³/mol. The van der Waals surface area contributed by atoms with Crippen molar-refractivity contribution in [2.24, 2.45) is 0 Å². The molecular formula is C20H14ClF2N3O3. The number of methoxy groups -OCH3 is 1. The molecule has 0 aliphatic heterocycles. The second-order valence-electron chi connectivity index (χ2n) is 5.88. The van der Waals surface area contributed by atoms with Gasteiger partial charge in [0, 0.05) is 11.8 Å². The van der Waals surface area contributed by atoms with E-state index in [1.165, 1.54) is 43.6 Å². The maximum Gasteiger partial charge on any atom is 0.255 e. The van der Waals surface area contributed by atoms with Gasteiger partial charge in [0.25, 0.3) is 5.91 Å². The van der Waals surface area contributed by atoms with E-state index in [-0.39, 0.29) is 34.4 Å². The SMILES string of the molecule is COc1ccc(C(=O)Nc2c(F)cccc2F)cc1C(=O)Cc1ccnc(Cl)n1. The molecule has 0 atom stereocenters. The number of Topliss-reactive ketones (excluding diaryl/α,β-unsaturated/α-hetero) is 1. The molecule has 0 saturated carbocycles. The molecule has 0 spiro atoms. The van der Waals surface area contributed by atoms with Gasteiger partial charge in [-0.15, -0.1) is 0 Å². The summed E-state index contributed by atoms with van der Waals surface area (Å²) >= 11 is 5.73. The molecule has 3 rings (SSSR count). The Balaban J connectivity index is 1.88. The largest absolute Gasteiger partial charge is 0.496 e. The third-order valence-electron chi connectivity index (χ3n) is 3.99. The Morgan fingerprint density at radius 2 is 1.86 bits per heavy atom. The second-order valence-corrected chi connectivity index (χ2v) is 6.22. The molecule has 1 amide bonds. The van der Waals surface area contributed by atoms with Gasteiger partial charge in [-0.25, -0.2) is 18.7 Å².